The third-order valence-electron chi connectivity index (χ3n) is 3.37. The Kier molecular flexibility index (Phi) is 4.18. The van der Waals surface area contributed by atoms with E-state index in [-0.39, 0.29) is 35.9 Å². The van der Waals surface area contributed by atoms with Crippen molar-refractivity contribution in [2.24, 2.45) is 0 Å². The number of rotatable bonds is 1. The van der Waals surface area contributed by atoms with Crippen LogP contribution in [0.2, 0.25) is 0 Å². The number of hydrogen-bond donors (Lipinski definition) is 1. The van der Waals surface area contributed by atoms with Gasteiger partial charge in [-0.3, -0.25) is 4.55 Å². The van der Waals surface area contributed by atoms with Gasteiger partial charge in [0.15, 0.2) is 0 Å². The van der Waals surface area contributed by atoms with Gasteiger partial charge in [-0.15, -0.1) is 0 Å². The maximum absolute atomic E-state index is 11.4. The normalized spacial score (nSPS) is 13.1. The minimum atomic E-state index is -4.15. The van der Waals surface area contributed by atoms with E-state index in [4.69, 9.17) is 0 Å². The van der Waals surface area contributed by atoms with Gasteiger partial charge in [-0.1, -0.05) is 36.4 Å². The van der Waals surface area contributed by atoms with Crippen LogP contribution in [0, 0.1) is 0 Å². The van der Waals surface area contributed by atoms with Gasteiger partial charge in [0.25, 0.3) is 10.1 Å². The molecular formula is C14H13NaO3S. The smallest absolute Gasteiger partial charge is 1.00 e. The molecule has 0 aromatic heterocycles. The van der Waals surface area contributed by atoms with Gasteiger partial charge in [-0.25, -0.2) is 0 Å². The molecule has 5 heteroatoms. The fraction of sp³-hybridized carbons (Fsp3) is 0.143. The van der Waals surface area contributed by atoms with Gasteiger partial charge in [0.2, 0.25) is 0 Å². The first-order chi connectivity index (χ1) is 8.55. The maximum Gasteiger partial charge on any atom is 1.00 e. The van der Waals surface area contributed by atoms with Gasteiger partial charge < -0.3 is 1.43 Å². The number of benzene rings is 2. The second kappa shape index (κ2) is 5.38. The molecule has 1 N–H and O–H groups in total. The predicted octanol–water partition coefficient (Wildman–Crippen LogP) is -0.455. The Balaban J connectivity index is 0.000001000. The third kappa shape index (κ3) is 2.78. The fourth-order valence-electron chi connectivity index (χ4n) is 2.52. The molecule has 0 unspecified atom stereocenters. The van der Waals surface area contributed by atoms with Crippen molar-refractivity contribution in [2.75, 3.05) is 0 Å². The first kappa shape index (κ1) is 14.8. The van der Waals surface area contributed by atoms with Crippen molar-refractivity contribution in [2.45, 2.75) is 17.7 Å². The average molecular weight is 284 g/mol. The molecule has 2 aromatic carbocycles. The summed E-state index contributed by atoms with van der Waals surface area (Å²) in [6.45, 7) is 0. The van der Waals surface area contributed by atoms with Crippen LogP contribution in [0.5, 0.6) is 0 Å². The zero-order valence-electron chi connectivity index (χ0n) is 11.6. The van der Waals surface area contributed by atoms with E-state index in [9.17, 15) is 13.0 Å². The molecular weight excluding hydrogens is 271 g/mol. The summed E-state index contributed by atoms with van der Waals surface area (Å²) in [5, 5.41) is 0. The van der Waals surface area contributed by atoms with Crippen LogP contribution in [-0.2, 0) is 23.0 Å². The molecule has 0 radical (unpaired) electrons. The Labute approximate surface area is 136 Å². The average Bonchev–Trinajstić information content (AvgIpc) is 2.34. The SMILES string of the molecule is O=S(=O)(O)c1cccc2c1Cc1ccccc1C2.[H-].[Na+]. The number of hydrogen-bond acceptors (Lipinski definition) is 2. The molecule has 19 heavy (non-hydrogen) atoms. The van der Waals surface area contributed by atoms with E-state index in [1.165, 1.54) is 11.6 Å². The van der Waals surface area contributed by atoms with Crippen molar-refractivity contribution in [3.05, 3.63) is 64.7 Å². The van der Waals surface area contributed by atoms with E-state index < -0.39 is 10.1 Å². The zero-order valence-corrected chi connectivity index (χ0v) is 13.4. The van der Waals surface area contributed by atoms with Gasteiger partial charge >= 0.3 is 29.6 Å². The Morgan fingerprint density at radius 3 is 2.11 bits per heavy atom. The van der Waals surface area contributed by atoms with Gasteiger partial charge in [-0.05, 0) is 41.2 Å². The molecule has 0 amide bonds. The minimum Gasteiger partial charge on any atom is -1.00 e. The standard InChI is InChI=1S/C14H12O3S.Na.H/c15-18(16,17)14-7-3-6-12-8-10-4-1-2-5-11(10)9-13(12)14;;/h1-7H,8-9H2,(H,15,16,17);;/q;+1;-1. The van der Waals surface area contributed by atoms with Crippen LogP contribution < -0.4 is 29.6 Å². The van der Waals surface area contributed by atoms with Crippen LogP contribution in [0.15, 0.2) is 47.4 Å². The monoisotopic (exact) mass is 284 g/mol. The molecule has 0 aliphatic heterocycles. The summed E-state index contributed by atoms with van der Waals surface area (Å²) >= 11 is 0. The van der Waals surface area contributed by atoms with E-state index in [2.05, 4.69) is 6.07 Å². The van der Waals surface area contributed by atoms with Crippen molar-refractivity contribution in [3.8, 4) is 0 Å². The van der Waals surface area contributed by atoms with Crippen molar-refractivity contribution >= 4 is 10.1 Å². The zero-order chi connectivity index (χ0) is 12.8. The molecule has 0 fully saturated rings. The van der Waals surface area contributed by atoms with Gasteiger partial charge in [0.05, 0.1) is 4.90 Å². The topological polar surface area (TPSA) is 54.4 Å². The van der Waals surface area contributed by atoms with Crippen molar-refractivity contribution < 1.29 is 44.0 Å². The van der Waals surface area contributed by atoms with E-state index >= 15 is 0 Å². The van der Waals surface area contributed by atoms with Crippen LogP contribution >= 0.6 is 0 Å². The van der Waals surface area contributed by atoms with Crippen LogP contribution in [0.4, 0.5) is 0 Å². The second-order valence-electron chi connectivity index (χ2n) is 4.49. The van der Waals surface area contributed by atoms with E-state index in [1.54, 1.807) is 6.07 Å². The van der Waals surface area contributed by atoms with E-state index in [0.717, 1.165) is 23.1 Å². The molecule has 0 saturated carbocycles. The molecule has 0 bridgehead atoms. The quantitative estimate of drug-likeness (QED) is 0.486. The molecule has 1 aliphatic carbocycles. The van der Waals surface area contributed by atoms with Crippen molar-refractivity contribution in [1.82, 2.24) is 0 Å². The molecule has 0 saturated heterocycles. The Hall–Kier alpha value is -0.650. The summed E-state index contributed by atoms with van der Waals surface area (Å²) in [6, 6.07) is 13.0. The minimum absolute atomic E-state index is 0. The van der Waals surface area contributed by atoms with Gasteiger partial charge in [0.1, 0.15) is 0 Å². The van der Waals surface area contributed by atoms with Crippen LogP contribution in [-0.4, -0.2) is 13.0 Å². The summed E-state index contributed by atoms with van der Waals surface area (Å²) in [5.74, 6) is 0. The fourth-order valence-corrected chi connectivity index (χ4v) is 3.28. The van der Waals surface area contributed by atoms with Crippen LogP contribution in [0.1, 0.15) is 23.7 Å². The molecule has 3 nitrogen and oxygen atoms in total. The summed E-state index contributed by atoms with van der Waals surface area (Å²) in [7, 11) is -4.15. The molecule has 0 spiro atoms. The molecule has 0 atom stereocenters. The maximum atomic E-state index is 11.4. The summed E-state index contributed by atoms with van der Waals surface area (Å²) in [5.41, 5.74) is 4.04. The predicted molar refractivity (Wildman–Crippen MR) is 69.4 cm³/mol. The molecule has 3 rings (SSSR count). The Bertz CT molecular complexity index is 729. The van der Waals surface area contributed by atoms with E-state index in [1.807, 2.05) is 24.3 Å². The first-order valence-corrected chi connectivity index (χ1v) is 7.15. The van der Waals surface area contributed by atoms with Crippen molar-refractivity contribution in [1.29, 1.82) is 0 Å². The first-order valence-electron chi connectivity index (χ1n) is 5.71. The Morgan fingerprint density at radius 1 is 0.895 bits per heavy atom. The van der Waals surface area contributed by atoms with Crippen molar-refractivity contribution in [3.63, 3.8) is 0 Å². The molecule has 0 heterocycles. The molecule has 2 aromatic rings. The van der Waals surface area contributed by atoms with Gasteiger partial charge in [-0.2, -0.15) is 8.42 Å². The Morgan fingerprint density at radius 2 is 1.47 bits per heavy atom. The largest absolute Gasteiger partial charge is 1.00 e. The number of fused-ring (bicyclic) bond motifs is 2. The second-order valence-corrected chi connectivity index (χ2v) is 5.88. The molecule has 1 aliphatic rings. The third-order valence-corrected chi connectivity index (χ3v) is 4.31. The van der Waals surface area contributed by atoms with Crippen LogP contribution in [0.25, 0.3) is 0 Å². The summed E-state index contributed by atoms with van der Waals surface area (Å²) in [6.07, 6.45) is 1.27. The molecule has 94 valence electrons. The van der Waals surface area contributed by atoms with Crippen LogP contribution in [0.3, 0.4) is 0 Å². The van der Waals surface area contributed by atoms with E-state index in [0.29, 0.717) is 6.42 Å². The summed E-state index contributed by atoms with van der Waals surface area (Å²) in [4.78, 5) is 0.0366. The summed E-state index contributed by atoms with van der Waals surface area (Å²) < 4.78 is 32.0. The van der Waals surface area contributed by atoms with Gasteiger partial charge in [0, 0.05) is 0 Å².